The van der Waals surface area contributed by atoms with E-state index in [-0.39, 0.29) is 0 Å². The van der Waals surface area contributed by atoms with E-state index in [4.69, 9.17) is 23.8 Å². The molecule has 19 heavy (non-hydrogen) atoms. The summed E-state index contributed by atoms with van der Waals surface area (Å²) in [7, 11) is 0. The van der Waals surface area contributed by atoms with Gasteiger partial charge in [0, 0.05) is 18.1 Å². The number of nitrogens with one attached hydrogen (secondary N) is 1. The summed E-state index contributed by atoms with van der Waals surface area (Å²) >= 11 is 11.5. The predicted octanol–water partition coefficient (Wildman–Crippen LogP) is 3.84. The van der Waals surface area contributed by atoms with Gasteiger partial charge >= 0.3 is 0 Å². The van der Waals surface area contributed by atoms with Crippen molar-refractivity contribution in [3.05, 3.63) is 28.0 Å². The van der Waals surface area contributed by atoms with Crippen molar-refractivity contribution in [3.63, 3.8) is 0 Å². The molecule has 2 aromatic rings. The zero-order valence-corrected chi connectivity index (χ0v) is 12.4. The molecular weight excluding hydrogens is 278 g/mol. The minimum absolute atomic E-state index is 0.758. The fourth-order valence-electron chi connectivity index (χ4n) is 2.77. The second kappa shape index (κ2) is 5.65. The number of imidazole rings is 1. The first-order valence-electron chi connectivity index (χ1n) is 6.84. The van der Waals surface area contributed by atoms with Crippen molar-refractivity contribution in [1.29, 1.82) is 0 Å². The molecule has 1 fully saturated rings. The van der Waals surface area contributed by atoms with Crippen molar-refractivity contribution < 1.29 is 0 Å². The number of fused-ring (bicyclic) bond motifs is 1. The Morgan fingerprint density at radius 1 is 1.16 bits per heavy atom. The molecular formula is C14H18ClN3S. The number of hydrogen-bond acceptors (Lipinski definition) is 2. The van der Waals surface area contributed by atoms with Gasteiger partial charge in [0.15, 0.2) is 4.77 Å². The Morgan fingerprint density at radius 2 is 1.95 bits per heavy atom. The summed E-state index contributed by atoms with van der Waals surface area (Å²) in [6.07, 6.45) is 4.02. The number of nitrogens with zero attached hydrogens (tertiary/aromatic N) is 2. The molecule has 0 amide bonds. The van der Waals surface area contributed by atoms with Gasteiger partial charge in [-0.25, -0.2) is 0 Å². The number of aromatic amines is 1. The van der Waals surface area contributed by atoms with Crippen LogP contribution in [0.25, 0.3) is 11.0 Å². The summed E-state index contributed by atoms with van der Waals surface area (Å²) in [5.41, 5.74) is 2.17. The zero-order chi connectivity index (χ0) is 13.2. The molecule has 0 saturated carbocycles. The van der Waals surface area contributed by atoms with Crippen LogP contribution in [0, 0.1) is 4.77 Å². The molecule has 2 heterocycles. The fourth-order valence-corrected chi connectivity index (χ4v) is 3.24. The number of likely N-dealkylation sites (tertiary alicyclic amines) is 1. The summed E-state index contributed by atoms with van der Waals surface area (Å²) in [5, 5.41) is 0.758. The van der Waals surface area contributed by atoms with E-state index >= 15 is 0 Å². The standard InChI is InChI=1S/C14H18ClN3S/c15-11-4-5-12-13(10-11)18(14(19)16-12)9-8-17-6-2-1-3-7-17/h4-5,10H,1-3,6-9H2,(H,16,19). The number of hydrogen-bond donors (Lipinski definition) is 1. The van der Waals surface area contributed by atoms with Crippen LogP contribution in [0.5, 0.6) is 0 Å². The van der Waals surface area contributed by atoms with Crippen molar-refractivity contribution in [1.82, 2.24) is 14.5 Å². The first-order chi connectivity index (χ1) is 9.24. The molecule has 3 rings (SSSR count). The zero-order valence-electron chi connectivity index (χ0n) is 10.9. The number of rotatable bonds is 3. The third-order valence-corrected chi connectivity index (χ3v) is 4.38. The van der Waals surface area contributed by atoms with Crippen molar-refractivity contribution in [2.75, 3.05) is 19.6 Å². The van der Waals surface area contributed by atoms with E-state index in [9.17, 15) is 0 Å². The highest BCUT2D eigenvalue weighted by atomic mass is 35.5. The second-order valence-electron chi connectivity index (χ2n) is 5.15. The van der Waals surface area contributed by atoms with E-state index in [0.29, 0.717) is 0 Å². The summed E-state index contributed by atoms with van der Waals surface area (Å²) in [4.78, 5) is 5.77. The van der Waals surface area contributed by atoms with Gasteiger partial charge in [-0.3, -0.25) is 0 Å². The minimum atomic E-state index is 0.758. The molecule has 0 bridgehead atoms. The smallest absolute Gasteiger partial charge is 0.178 e. The van der Waals surface area contributed by atoms with Gasteiger partial charge in [-0.15, -0.1) is 0 Å². The van der Waals surface area contributed by atoms with Crippen LogP contribution in [0.3, 0.4) is 0 Å². The van der Waals surface area contributed by atoms with Crippen LogP contribution in [0.1, 0.15) is 19.3 Å². The number of benzene rings is 1. The lowest BCUT2D eigenvalue weighted by Crippen LogP contribution is -2.32. The first kappa shape index (κ1) is 13.2. The Kier molecular flexibility index (Phi) is 3.91. The van der Waals surface area contributed by atoms with Crippen molar-refractivity contribution in [2.24, 2.45) is 0 Å². The van der Waals surface area contributed by atoms with Gasteiger partial charge in [-0.2, -0.15) is 0 Å². The Hall–Kier alpha value is -0.840. The summed E-state index contributed by atoms with van der Waals surface area (Å²) in [6, 6.07) is 5.87. The van der Waals surface area contributed by atoms with Gasteiger partial charge in [-0.1, -0.05) is 18.0 Å². The number of H-pyrrole nitrogens is 1. The number of piperidine rings is 1. The molecule has 0 spiro atoms. The largest absolute Gasteiger partial charge is 0.331 e. The molecule has 3 nitrogen and oxygen atoms in total. The minimum Gasteiger partial charge on any atom is -0.331 e. The normalized spacial score (nSPS) is 17.1. The maximum Gasteiger partial charge on any atom is 0.178 e. The van der Waals surface area contributed by atoms with E-state index in [2.05, 4.69) is 14.5 Å². The van der Waals surface area contributed by atoms with Gasteiger partial charge in [0.25, 0.3) is 0 Å². The molecule has 0 unspecified atom stereocenters. The van der Waals surface area contributed by atoms with E-state index in [1.807, 2.05) is 18.2 Å². The number of aromatic nitrogens is 2. The average molecular weight is 296 g/mol. The quantitative estimate of drug-likeness (QED) is 0.870. The second-order valence-corrected chi connectivity index (χ2v) is 5.97. The molecule has 102 valence electrons. The van der Waals surface area contributed by atoms with Crippen LogP contribution in [0.4, 0.5) is 0 Å². The summed E-state index contributed by atoms with van der Waals surface area (Å²) in [6.45, 7) is 4.43. The molecule has 0 radical (unpaired) electrons. The molecule has 1 aromatic heterocycles. The third-order valence-electron chi connectivity index (χ3n) is 3.83. The van der Waals surface area contributed by atoms with Gasteiger partial charge in [-0.05, 0) is 56.3 Å². The van der Waals surface area contributed by atoms with Gasteiger partial charge in [0.05, 0.1) is 11.0 Å². The van der Waals surface area contributed by atoms with Crippen LogP contribution in [0.15, 0.2) is 18.2 Å². The van der Waals surface area contributed by atoms with Crippen LogP contribution in [0.2, 0.25) is 5.02 Å². The summed E-state index contributed by atoms with van der Waals surface area (Å²) in [5.74, 6) is 0. The Labute approximate surface area is 123 Å². The van der Waals surface area contributed by atoms with Crippen molar-refractivity contribution >= 4 is 34.9 Å². The highest BCUT2D eigenvalue weighted by molar-refractivity contribution is 7.71. The van der Waals surface area contributed by atoms with Gasteiger partial charge in [0.1, 0.15) is 0 Å². The predicted molar refractivity (Wildman–Crippen MR) is 82.4 cm³/mol. The third kappa shape index (κ3) is 2.86. The lowest BCUT2D eigenvalue weighted by atomic mass is 10.1. The van der Waals surface area contributed by atoms with Crippen molar-refractivity contribution in [2.45, 2.75) is 25.8 Å². The molecule has 0 atom stereocenters. The van der Waals surface area contributed by atoms with E-state index in [0.717, 1.165) is 33.9 Å². The highest BCUT2D eigenvalue weighted by Gasteiger charge is 2.11. The molecule has 1 aliphatic heterocycles. The molecule has 1 aromatic carbocycles. The molecule has 5 heteroatoms. The molecule has 0 aliphatic carbocycles. The molecule has 1 aliphatic rings. The maximum atomic E-state index is 6.08. The van der Waals surface area contributed by atoms with Gasteiger partial charge < -0.3 is 14.5 Å². The van der Waals surface area contributed by atoms with E-state index in [1.54, 1.807) is 0 Å². The highest BCUT2D eigenvalue weighted by Crippen LogP contribution is 2.19. The lowest BCUT2D eigenvalue weighted by Gasteiger charge is -2.26. The fraction of sp³-hybridized carbons (Fsp3) is 0.500. The van der Waals surface area contributed by atoms with Crippen LogP contribution in [-0.2, 0) is 6.54 Å². The number of halogens is 1. The molecule has 1 N–H and O–H groups in total. The molecule has 1 saturated heterocycles. The van der Waals surface area contributed by atoms with E-state index < -0.39 is 0 Å². The van der Waals surface area contributed by atoms with E-state index in [1.165, 1.54) is 32.4 Å². The Morgan fingerprint density at radius 3 is 2.74 bits per heavy atom. The van der Waals surface area contributed by atoms with Crippen LogP contribution >= 0.6 is 23.8 Å². The van der Waals surface area contributed by atoms with Crippen molar-refractivity contribution in [3.8, 4) is 0 Å². The van der Waals surface area contributed by atoms with Crippen LogP contribution < -0.4 is 0 Å². The van der Waals surface area contributed by atoms with Gasteiger partial charge in [0.2, 0.25) is 0 Å². The maximum absolute atomic E-state index is 6.08. The average Bonchev–Trinajstić information content (AvgIpc) is 2.73. The monoisotopic (exact) mass is 295 g/mol. The summed E-state index contributed by atoms with van der Waals surface area (Å²) < 4.78 is 2.94. The topological polar surface area (TPSA) is 24.0 Å². The SMILES string of the molecule is S=c1[nH]c2ccc(Cl)cc2n1CCN1CCCCC1. The van der Waals surface area contributed by atoms with Crippen LogP contribution in [-0.4, -0.2) is 34.1 Å². The lowest BCUT2D eigenvalue weighted by molar-refractivity contribution is 0.221. The Balaban J connectivity index is 1.81. The first-order valence-corrected chi connectivity index (χ1v) is 7.63. The Bertz CT molecular complexity index is 625.